The average molecular weight is 434 g/mol. The second kappa shape index (κ2) is 9.32. The zero-order chi connectivity index (χ0) is 22.7. The van der Waals surface area contributed by atoms with Crippen LogP contribution < -0.4 is 9.47 Å². The largest absolute Gasteiger partial charge is 0.504 e. The van der Waals surface area contributed by atoms with Gasteiger partial charge >= 0.3 is 0 Å². The van der Waals surface area contributed by atoms with E-state index in [1.165, 1.54) is 13.2 Å². The molecule has 32 heavy (non-hydrogen) atoms. The van der Waals surface area contributed by atoms with Crippen molar-refractivity contribution in [2.75, 3.05) is 13.7 Å². The Bertz CT molecular complexity index is 1110. The number of rotatable bonds is 7. The Labute approximate surface area is 187 Å². The number of benzene rings is 3. The van der Waals surface area contributed by atoms with Crippen LogP contribution in [-0.4, -0.2) is 34.7 Å². The molecule has 0 aromatic heterocycles. The van der Waals surface area contributed by atoms with Crippen LogP contribution in [0.4, 0.5) is 0 Å². The van der Waals surface area contributed by atoms with E-state index >= 15 is 0 Å². The number of nitrogens with zero attached hydrogens (tertiary/aromatic N) is 1. The highest BCUT2D eigenvalue weighted by Gasteiger charge is 2.34. The van der Waals surface area contributed by atoms with Crippen LogP contribution in [0.3, 0.4) is 0 Å². The van der Waals surface area contributed by atoms with E-state index in [0.717, 1.165) is 22.4 Å². The summed E-state index contributed by atoms with van der Waals surface area (Å²) in [5, 5.41) is 20.6. The second-order valence-electron chi connectivity index (χ2n) is 7.97. The Morgan fingerprint density at radius 3 is 2.56 bits per heavy atom. The van der Waals surface area contributed by atoms with E-state index < -0.39 is 6.10 Å². The van der Waals surface area contributed by atoms with Gasteiger partial charge < -0.3 is 24.6 Å². The van der Waals surface area contributed by atoms with Crippen LogP contribution in [-0.2, 0) is 24.4 Å². The first-order chi connectivity index (χ1) is 15.5. The van der Waals surface area contributed by atoms with E-state index in [-0.39, 0.29) is 18.2 Å². The lowest BCUT2D eigenvalue weighted by Gasteiger charge is -2.33. The molecule has 0 saturated carbocycles. The number of hydrogen-bond acceptors (Lipinski definition) is 5. The number of aromatic hydroxyl groups is 1. The molecular formula is C26H27NO5. The SMILES string of the molecule is COc1c(O)ccc2c1CN(CCc1ccc(OCc3ccccc3)c(C)c1)C(=O)C2O. The number of carbonyl (C=O) groups is 1. The molecule has 166 valence electrons. The van der Waals surface area contributed by atoms with E-state index in [2.05, 4.69) is 6.07 Å². The third-order valence-electron chi connectivity index (χ3n) is 5.82. The number of phenols is 1. The van der Waals surface area contributed by atoms with Crippen LogP contribution in [0.15, 0.2) is 60.7 Å². The maximum atomic E-state index is 12.7. The van der Waals surface area contributed by atoms with Crippen molar-refractivity contribution < 1.29 is 24.5 Å². The van der Waals surface area contributed by atoms with Gasteiger partial charge in [-0.05, 0) is 47.7 Å². The van der Waals surface area contributed by atoms with E-state index in [9.17, 15) is 15.0 Å². The number of fused-ring (bicyclic) bond motifs is 1. The number of amides is 1. The predicted octanol–water partition coefficient (Wildman–Crippen LogP) is 3.91. The molecule has 1 heterocycles. The summed E-state index contributed by atoms with van der Waals surface area (Å²) in [6, 6.07) is 19.0. The van der Waals surface area contributed by atoms with E-state index in [1.807, 2.05) is 49.4 Å². The first-order valence-electron chi connectivity index (χ1n) is 10.6. The number of methoxy groups -OCH3 is 1. The lowest BCUT2D eigenvalue weighted by molar-refractivity contribution is -0.142. The summed E-state index contributed by atoms with van der Waals surface area (Å²) in [7, 11) is 1.46. The molecular weight excluding hydrogens is 406 g/mol. The molecule has 0 spiro atoms. The molecule has 0 saturated heterocycles. The first-order valence-corrected chi connectivity index (χ1v) is 10.6. The van der Waals surface area contributed by atoms with E-state index in [1.54, 1.807) is 11.0 Å². The maximum Gasteiger partial charge on any atom is 0.256 e. The molecule has 4 rings (SSSR count). The number of phenolic OH excluding ortho intramolecular Hbond substituents is 1. The van der Waals surface area contributed by atoms with Gasteiger partial charge in [0.25, 0.3) is 5.91 Å². The summed E-state index contributed by atoms with van der Waals surface area (Å²) in [4.78, 5) is 14.3. The van der Waals surface area contributed by atoms with Gasteiger partial charge in [0, 0.05) is 18.7 Å². The normalized spacial score (nSPS) is 15.4. The third kappa shape index (κ3) is 4.41. The number of hydrogen-bond donors (Lipinski definition) is 2. The van der Waals surface area contributed by atoms with Crippen LogP contribution in [0.1, 0.15) is 33.9 Å². The van der Waals surface area contributed by atoms with Crippen molar-refractivity contribution >= 4 is 5.91 Å². The summed E-state index contributed by atoms with van der Waals surface area (Å²) >= 11 is 0. The van der Waals surface area contributed by atoms with Crippen LogP contribution in [0.5, 0.6) is 17.2 Å². The molecule has 2 N–H and O–H groups in total. The lowest BCUT2D eigenvalue weighted by atomic mass is 9.95. The van der Waals surface area contributed by atoms with Crippen molar-refractivity contribution in [1.29, 1.82) is 0 Å². The Morgan fingerprint density at radius 1 is 1.06 bits per heavy atom. The Kier molecular flexibility index (Phi) is 6.32. The highest BCUT2D eigenvalue weighted by molar-refractivity contribution is 5.85. The highest BCUT2D eigenvalue weighted by Crippen LogP contribution is 2.39. The molecule has 0 radical (unpaired) electrons. The van der Waals surface area contributed by atoms with Crippen LogP contribution in [0.2, 0.25) is 0 Å². The molecule has 1 aliphatic rings. The number of carbonyl (C=O) groups excluding carboxylic acids is 1. The molecule has 1 unspecified atom stereocenters. The fraction of sp³-hybridized carbons (Fsp3) is 0.269. The number of aliphatic hydroxyl groups excluding tert-OH is 1. The molecule has 0 bridgehead atoms. The van der Waals surface area contributed by atoms with Gasteiger partial charge in [-0.1, -0.05) is 48.5 Å². The fourth-order valence-electron chi connectivity index (χ4n) is 4.07. The summed E-state index contributed by atoms with van der Waals surface area (Å²) in [6.45, 7) is 3.23. The molecule has 3 aromatic carbocycles. The zero-order valence-corrected chi connectivity index (χ0v) is 18.2. The molecule has 6 heteroatoms. The topological polar surface area (TPSA) is 79.2 Å². The number of aryl methyl sites for hydroxylation is 1. The van der Waals surface area contributed by atoms with Crippen LogP contribution in [0.25, 0.3) is 0 Å². The standard InChI is InChI=1S/C26H27NO5/c1-17-14-18(8-11-23(17)32-16-19-6-4-3-5-7-19)12-13-27-15-21-20(24(29)26(27)30)9-10-22(28)25(21)31-2/h3-11,14,24,28-29H,12-13,15-16H2,1-2H3. The number of aliphatic hydroxyl groups is 1. The van der Waals surface area contributed by atoms with Crippen molar-refractivity contribution in [2.45, 2.75) is 32.6 Å². The second-order valence-corrected chi connectivity index (χ2v) is 7.97. The average Bonchev–Trinajstić information content (AvgIpc) is 2.80. The van der Waals surface area contributed by atoms with Gasteiger partial charge in [0.05, 0.1) is 7.11 Å². The highest BCUT2D eigenvalue weighted by atomic mass is 16.5. The number of ether oxygens (including phenoxy) is 2. The van der Waals surface area contributed by atoms with Gasteiger partial charge in [0.15, 0.2) is 17.6 Å². The summed E-state index contributed by atoms with van der Waals surface area (Å²) in [5.41, 5.74) is 4.34. The van der Waals surface area contributed by atoms with Gasteiger partial charge in [-0.25, -0.2) is 0 Å². The van der Waals surface area contributed by atoms with Crippen molar-refractivity contribution in [2.24, 2.45) is 0 Å². The molecule has 0 aliphatic carbocycles. The minimum Gasteiger partial charge on any atom is -0.504 e. The minimum atomic E-state index is -1.26. The van der Waals surface area contributed by atoms with Crippen molar-refractivity contribution in [3.63, 3.8) is 0 Å². The minimum absolute atomic E-state index is 0.00512. The van der Waals surface area contributed by atoms with Crippen molar-refractivity contribution in [3.05, 3.63) is 88.5 Å². The first kappa shape index (κ1) is 21.7. The third-order valence-corrected chi connectivity index (χ3v) is 5.82. The Hall–Kier alpha value is -3.51. The quantitative estimate of drug-likeness (QED) is 0.591. The summed E-state index contributed by atoms with van der Waals surface area (Å²) < 4.78 is 11.3. The molecule has 1 amide bonds. The smallest absolute Gasteiger partial charge is 0.256 e. The fourth-order valence-corrected chi connectivity index (χ4v) is 4.07. The Balaban J connectivity index is 1.43. The van der Waals surface area contributed by atoms with Gasteiger partial charge in [-0.2, -0.15) is 0 Å². The monoisotopic (exact) mass is 433 g/mol. The molecule has 6 nitrogen and oxygen atoms in total. The van der Waals surface area contributed by atoms with Gasteiger partial charge in [-0.15, -0.1) is 0 Å². The van der Waals surface area contributed by atoms with E-state index in [4.69, 9.17) is 9.47 Å². The van der Waals surface area contributed by atoms with E-state index in [0.29, 0.717) is 36.4 Å². The summed E-state index contributed by atoms with van der Waals surface area (Å²) in [6.07, 6.45) is -0.627. The van der Waals surface area contributed by atoms with Crippen LogP contribution in [0, 0.1) is 6.92 Å². The lowest BCUT2D eigenvalue weighted by Crippen LogP contribution is -2.40. The molecule has 1 aliphatic heterocycles. The van der Waals surface area contributed by atoms with Crippen molar-refractivity contribution in [1.82, 2.24) is 4.90 Å². The van der Waals surface area contributed by atoms with Crippen molar-refractivity contribution in [3.8, 4) is 17.2 Å². The summed E-state index contributed by atoms with van der Waals surface area (Å²) in [5.74, 6) is 0.783. The Morgan fingerprint density at radius 2 is 1.84 bits per heavy atom. The maximum absolute atomic E-state index is 12.7. The van der Waals surface area contributed by atoms with Gasteiger partial charge in [0.2, 0.25) is 0 Å². The van der Waals surface area contributed by atoms with Gasteiger partial charge in [-0.3, -0.25) is 4.79 Å². The van der Waals surface area contributed by atoms with Crippen LogP contribution >= 0.6 is 0 Å². The zero-order valence-electron chi connectivity index (χ0n) is 18.2. The molecule has 1 atom stereocenters. The molecule has 3 aromatic rings. The predicted molar refractivity (Wildman–Crippen MR) is 121 cm³/mol. The van der Waals surface area contributed by atoms with Gasteiger partial charge in [0.1, 0.15) is 12.4 Å². The molecule has 0 fully saturated rings.